The summed E-state index contributed by atoms with van der Waals surface area (Å²) in [6.45, 7) is 0.483. The third kappa shape index (κ3) is 5.04. The largest absolute Gasteiger partial charge is 0.459 e. The first-order chi connectivity index (χ1) is 15.7. The summed E-state index contributed by atoms with van der Waals surface area (Å²) < 4.78 is 12.3. The molecule has 3 unspecified atom stereocenters. The van der Waals surface area contributed by atoms with Crippen LogP contribution < -0.4 is 5.32 Å². The molecular weight excluding hydrogens is 402 g/mol. The molecule has 32 heavy (non-hydrogen) atoms. The number of benzene rings is 1. The van der Waals surface area contributed by atoms with Gasteiger partial charge in [0.2, 0.25) is 6.29 Å². The highest BCUT2D eigenvalue weighted by Crippen LogP contribution is 2.44. The Bertz CT molecular complexity index is 813. The number of hydrogen-bond donors (Lipinski definition) is 2. The summed E-state index contributed by atoms with van der Waals surface area (Å²) >= 11 is 0. The predicted molar refractivity (Wildman–Crippen MR) is 122 cm³/mol. The minimum Gasteiger partial charge on any atom is -0.459 e. The molecule has 2 bridgehead atoms. The van der Waals surface area contributed by atoms with Crippen LogP contribution in [-0.4, -0.2) is 23.3 Å². The topological polar surface area (TPSA) is 67.8 Å². The van der Waals surface area contributed by atoms with Crippen LogP contribution in [0.4, 0.5) is 0 Å². The van der Waals surface area contributed by atoms with Crippen LogP contribution >= 0.6 is 0 Å². The van der Waals surface area contributed by atoms with E-state index in [4.69, 9.17) is 9.47 Å². The van der Waals surface area contributed by atoms with E-state index in [1.165, 1.54) is 51.4 Å². The van der Waals surface area contributed by atoms with Crippen molar-refractivity contribution in [2.75, 3.05) is 0 Å². The number of aliphatic hydroxyl groups excluding tert-OH is 1. The van der Waals surface area contributed by atoms with E-state index < -0.39 is 6.29 Å². The van der Waals surface area contributed by atoms with Crippen molar-refractivity contribution in [1.29, 1.82) is 0 Å². The fraction of sp³-hybridized carbons (Fsp3) is 0.667. The number of carbonyl (C=O) groups excluding carboxylic acids is 1. The number of allylic oxidation sites excluding steroid dienone is 1. The molecule has 5 atom stereocenters. The maximum atomic E-state index is 13.2. The molecule has 0 aromatic heterocycles. The van der Waals surface area contributed by atoms with Crippen LogP contribution in [-0.2, 0) is 27.5 Å². The Morgan fingerprint density at radius 2 is 1.75 bits per heavy atom. The molecule has 0 saturated heterocycles. The molecule has 3 fully saturated rings. The molecule has 4 aliphatic rings. The lowest BCUT2D eigenvalue weighted by Crippen LogP contribution is -2.42. The van der Waals surface area contributed by atoms with Crippen molar-refractivity contribution in [2.45, 2.75) is 89.8 Å². The quantitative estimate of drug-likeness (QED) is 0.639. The van der Waals surface area contributed by atoms with Gasteiger partial charge in [-0.1, -0.05) is 49.9 Å². The second kappa shape index (κ2) is 9.96. The smallest absolute Gasteiger partial charge is 0.286 e. The first kappa shape index (κ1) is 22.0. The van der Waals surface area contributed by atoms with Crippen molar-refractivity contribution in [3.63, 3.8) is 0 Å². The van der Waals surface area contributed by atoms with Crippen molar-refractivity contribution in [1.82, 2.24) is 5.32 Å². The van der Waals surface area contributed by atoms with E-state index >= 15 is 0 Å². The van der Waals surface area contributed by atoms with Crippen molar-refractivity contribution in [3.05, 3.63) is 47.2 Å². The Balaban J connectivity index is 1.24. The molecule has 3 saturated carbocycles. The molecule has 5 rings (SSSR count). The van der Waals surface area contributed by atoms with Crippen LogP contribution in [0.2, 0.25) is 0 Å². The van der Waals surface area contributed by atoms with Gasteiger partial charge in [-0.3, -0.25) is 4.79 Å². The molecule has 1 amide bonds. The van der Waals surface area contributed by atoms with Gasteiger partial charge >= 0.3 is 0 Å². The summed E-state index contributed by atoms with van der Waals surface area (Å²) in [5, 5.41) is 12.5. The zero-order valence-electron chi connectivity index (χ0n) is 19.0. The molecule has 5 nitrogen and oxygen atoms in total. The maximum Gasteiger partial charge on any atom is 0.286 e. The molecule has 5 heteroatoms. The first-order valence-electron chi connectivity index (χ1n) is 12.7. The summed E-state index contributed by atoms with van der Waals surface area (Å²) in [7, 11) is 0. The minimum absolute atomic E-state index is 0.0435. The van der Waals surface area contributed by atoms with Gasteiger partial charge in [0.05, 0.1) is 13.2 Å². The normalized spacial score (nSPS) is 32.4. The zero-order chi connectivity index (χ0) is 21.9. The highest BCUT2D eigenvalue weighted by atomic mass is 16.7. The van der Waals surface area contributed by atoms with Gasteiger partial charge in [0.1, 0.15) is 0 Å². The number of rotatable bonds is 7. The van der Waals surface area contributed by atoms with E-state index in [1.807, 2.05) is 24.3 Å². The summed E-state index contributed by atoms with van der Waals surface area (Å²) in [4.78, 5) is 13.2. The highest BCUT2D eigenvalue weighted by Gasteiger charge is 2.41. The van der Waals surface area contributed by atoms with Gasteiger partial charge in [-0.25, -0.2) is 0 Å². The van der Waals surface area contributed by atoms with Gasteiger partial charge in [-0.15, -0.1) is 0 Å². The van der Waals surface area contributed by atoms with E-state index in [-0.39, 0.29) is 12.5 Å². The number of fused-ring (bicyclic) bond motifs is 2. The monoisotopic (exact) mass is 439 g/mol. The van der Waals surface area contributed by atoms with Crippen LogP contribution in [0.25, 0.3) is 0 Å². The second-order valence-electron chi connectivity index (χ2n) is 10.4. The molecule has 2 N–H and O–H groups in total. The van der Waals surface area contributed by atoms with Crippen molar-refractivity contribution in [2.24, 2.45) is 23.7 Å². The lowest BCUT2D eigenvalue weighted by atomic mass is 9.77. The lowest BCUT2D eigenvalue weighted by molar-refractivity contribution is -0.156. The molecule has 1 aliphatic heterocycles. The van der Waals surface area contributed by atoms with Gasteiger partial charge < -0.3 is 19.9 Å². The number of hydrogen-bond acceptors (Lipinski definition) is 4. The Labute approximate surface area is 191 Å². The zero-order valence-corrected chi connectivity index (χ0v) is 19.0. The molecule has 1 aromatic carbocycles. The molecule has 0 radical (unpaired) electrons. The van der Waals surface area contributed by atoms with Gasteiger partial charge in [-0.2, -0.15) is 0 Å². The molecule has 0 spiro atoms. The molecular formula is C27H37NO4. The number of aliphatic hydroxyl groups is 1. The van der Waals surface area contributed by atoms with Gasteiger partial charge in [0.15, 0.2) is 5.76 Å². The van der Waals surface area contributed by atoms with E-state index in [1.54, 1.807) is 0 Å². The van der Waals surface area contributed by atoms with Crippen LogP contribution in [0, 0.1) is 23.7 Å². The van der Waals surface area contributed by atoms with Gasteiger partial charge in [-0.05, 0) is 73.0 Å². The number of ether oxygens (including phenoxy) is 2. The van der Waals surface area contributed by atoms with Crippen LogP contribution in [0.1, 0.15) is 75.3 Å². The predicted octanol–water partition coefficient (Wildman–Crippen LogP) is 4.83. The van der Waals surface area contributed by atoms with E-state index in [0.717, 1.165) is 29.9 Å². The van der Waals surface area contributed by atoms with E-state index in [9.17, 15) is 9.90 Å². The lowest BCUT2D eigenvalue weighted by Gasteiger charge is -2.35. The second-order valence-corrected chi connectivity index (χ2v) is 10.4. The first-order valence-corrected chi connectivity index (χ1v) is 12.7. The van der Waals surface area contributed by atoms with Gasteiger partial charge in [0, 0.05) is 12.5 Å². The average Bonchev–Trinajstić information content (AvgIpc) is 3.47. The SMILES string of the molecule is O=C(NC1CC2CCC1C2)C1=C[C@@H](C2CCCCC2)C[C@@H](OCc2ccc(CO)cc2)O1. The van der Waals surface area contributed by atoms with Crippen molar-refractivity contribution < 1.29 is 19.4 Å². The van der Waals surface area contributed by atoms with Crippen LogP contribution in [0.15, 0.2) is 36.1 Å². The van der Waals surface area contributed by atoms with Crippen molar-refractivity contribution >= 4 is 5.91 Å². The number of amides is 1. The Morgan fingerprint density at radius 3 is 2.44 bits per heavy atom. The van der Waals surface area contributed by atoms with E-state index in [2.05, 4.69) is 11.4 Å². The molecule has 1 heterocycles. The molecule has 3 aliphatic carbocycles. The fourth-order valence-corrected chi connectivity index (χ4v) is 6.43. The maximum absolute atomic E-state index is 13.2. The van der Waals surface area contributed by atoms with Crippen molar-refractivity contribution in [3.8, 4) is 0 Å². The standard InChI is InChI=1S/C27H37NO4/c29-16-18-6-8-19(9-7-18)17-31-26-15-23(21-4-2-1-3-5-21)14-25(32-26)27(30)28-24-13-20-10-11-22(24)12-20/h6-9,14,20-24,26,29H,1-5,10-13,15-17H2,(H,28,30)/t20?,22?,23-,24?,26+/m1/s1. The summed E-state index contributed by atoms with van der Waals surface area (Å²) in [5.41, 5.74) is 1.94. The molecule has 1 aromatic rings. The average molecular weight is 440 g/mol. The van der Waals surface area contributed by atoms with Crippen LogP contribution in [0.5, 0.6) is 0 Å². The van der Waals surface area contributed by atoms with E-state index in [0.29, 0.717) is 36.2 Å². The Kier molecular flexibility index (Phi) is 6.84. The summed E-state index contributed by atoms with van der Waals surface area (Å²) in [6.07, 6.45) is 13.9. The summed E-state index contributed by atoms with van der Waals surface area (Å²) in [6, 6.07) is 8.10. The van der Waals surface area contributed by atoms with Crippen LogP contribution in [0.3, 0.4) is 0 Å². The fourth-order valence-electron chi connectivity index (χ4n) is 6.43. The van der Waals surface area contributed by atoms with Gasteiger partial charge in [0.25, 0.3) is 5.91 Å². The Hall–Kier alpha value is -1.85. The number of nitrogens with one attached hydrogen (secondary N) is 1. The minimum atomic E-state index is -0.398. The third-order valence-corrected chi connectivity index (χ3v) is 8.26. The summed E-state index contributed by atoms with van der Waals surface area (Å²) in [5.74, 6) is 2.82. The highest BCUT2D eigenvalue weighted by molar-refractivity contribution is 5.91. The molecule has 174 valence electrons. The number of carbonyl (C=O) groups is 1. The Morgan fingerprint density at radius 1 is 0.969 bits per heavy atom. The third-order valence-electron chi connectivity index (χ3n) is 8.26.